The Kier molecular flexibility index (Phi) is 7.89. The number of halogens is 2. The minimum absolute atomic E-state index is 0. The van der Waals surface area contributed by atoms with Crippen molar-refractivity contribution >= 4 is 30.7 Å². The molecule has 74 valence electrons. The number of rotatable bonds is 2. The van der Waals surface area contributed by atoms with Gasteiger partial charge >= 0.3 is 0 Å². The third-order valence-corrected chi connectivity index (χ3v) is 2.10. The van der Waals surface area contributed by atoms with Crippen molar-refractivity contribution in [2.45, 2.75) is 25.8 Å². The Bertz CT molecular complexity index is 143. The molecule has 0 saturated carbocycles. The molecule has 1 heterocycles. The minimum Gasteiger partial charge on any atom is -0.368 e. The van der Waals surface area contributed by atoms with Crippen LogP contribution in [0.5, 0.6) is 0 Å². The van der Waals surface area contributed by atoms with Crippen molar-refractivity contribution in [1.82, 2.24) is 4.90 Å². The Morgan fingerprint density at radius 3 is 2.50 bits per heavy atom. The van der Waals surface area contributed by atoms with E-state index in [0.717, 1.165) is 25.9 Å². The van der Waals surface area contributed by atoms with E-state index in [0.29, 0.717) is 0 Å². The van der Waals surface area contributed by atoms with Crippen LogP contribution in [0.1, 0.15) is 19.8 Å². The van der Waals surface area contributed by atoms with Gasteiger partial charge in [0.2, 0.25) is 5.91 Å². The highest BCUT2D eigenvalue weighted by molar-refractivity contribution is 5.85. The van der Waals surface area contributed by atoms with Crippen molar-refractivity contribution in [2.75, 3.05) is 13.1 Å². The quantitative estimate of drug-likeness (QED) is 0.740. The van der Waals surface area contributed by atoms with Gasteiger partial charge in [0, 0.05) is 0 Å². The molecule has 0 unspecified atom stereocenters. The molecule has 1 atom stereocenters. The van der Waals surface area contributed by atoms with Crippen LogP contribution < -0.4 is 5.73 Å². The number of primary amides is 1. The molecule has 0 bridgehead atoms. The van der Waals surface area contributed by atoms with E-state index in [4.69, 9.17) is 5.73 Å². The number of likely N-dealkylation sites (tertiary alicyclic amines) is 1. The molecule has 2 N–H and O–H groups in total. The molecule has 3 nitrogen and oxygen atoms in total. The lowest BCUT2D eigenvalue weighted by molar-refractivity contribution is -0.122. The van der Waals surface area contributed by atoms with E-state index in [1.165, 1.54) is 0 Å². The number of carbonyl (C=O) groups is 1. The fraction of sp³-hybridized carbons (Fsp3) is 0.857. The average molecular weight is 215 g/mol. The highest BCUT2D eigenvalue weighted by atomic mass is 35.5. The molecule has 1 fully saturated rings. The maximum atomic E-state index is 10.8. The summed E-state index contributed by atoms with van der Waals surface area (Å²) in [6, 6.07) is 0.0185. The summed E-state index contributed by atoms with van der Waals surface area (Å²) in [5.74, 6) is -0.167. The SMILES string of the molecule is CCN1CCC[C@@H]1C(N)=O.Cl.Cl. The molecule has 0 aromatic heterocycles. The summed E-state index contributed by atoms with van der Waals surface area (Å²) in [4.78, 5) is 12.9. The van der Waals surface area contributed by atoms with Crippen LogP contribution in [-0.2, 0) is 4.79 Å². The van der Waals surface area contributed by atoms with Crippen molar-refractivity contribution in [3.63, 3.8) is 0 Å². The molecular formula is C7H16Cl2N2O. The molecule has 0 aromatic rings. The van der Waals surface area contributed by atoms with E-state index in [2.05, 4.69) is 11.8 Å². The highest BCUT2D eigenvalue weighted by Crippen LogP contribution is 2.15. The molecule has 1 aliphatic heterocycles. The summed E-state index contributed by atoms with van der Waals surface area (Å²) in [6.07, 6.45) is 2.06. The summed E-state index contributed by atoms with van der Waals surface area (Å²) >= 11 is 0. The first kappa shape index (κ1) is 14.5. The smallest absolute Gasteiger partial charge is 0.234 e. The number of hydrogen-bond donors (Lipinski definition) is 1. The van der Waals surface area contributed by atoms with Crippen molar-refractivity contribution in [2.24, 2.45) is 5.73 Å². The van der Waals surface area contributed by atoms with Crippen LogP contribution in [0.4, 0.5) is 0 Å². The van der Waals surface area contributed by atoms with Crippen molar-refractivity contribution in [3.8, 4) is 0 Å². The lowest BCUT2D eigenvalue weighted by Crippen LogP contribution is -2.39. The van der Waals surface area contributed by atoms with Crippen molar-refractivity contribution in [3.05, 3.63) is 0 Å². The molecule has 0 radical (unpaired) electrons. The van der Waals surface area contributed by atoms with Gasteiger partial charge in [-0.1, -0.05) is 6.92 Å². The van der Waals surface area contributed by atoms with Crippen LogP contribution in [-0.4, -0.2) is 29.9 Å². The Morgan fingerprint density at radius 1 is 1.58 bits per heavy atom. The first-order valence-electron chi connectivity index (χ1n) is 3.79. The van der Waals surface area contributed by atoms with Gasteiger partial charge in [-0.2, -0.15) is 0 Å². The van der Waals surface area contributed by atoms with Gasteiger partial charge in [0.1, 0.15) is 0 Å². The fourth-order valence-electron chi connectivity index (χ4n) is 1.53. The second-order valence-corrected chi connectivity index (χ2v) is 2.69. The van der Waals surface area contributed by atoms with Gasteiger partial charge in [0.05, 0.1) is 6.04 Å². The van der Waals surface area contributed by atoms with Gasteiger partial charge in [-0.15, -0.1) is 24.8 Å². The molecule has 12 heavy (non-hydrogen) atoms. The average Bonchev–Trinajstić information content (AvgIpc) is 2.33. The zero-order valence-electron chi connectivity index (χ0n) is 7.16. The van der Waals surface area contributed by atoms with E-state index in [9.17, 15) is 4.79 Å². The largest absolute Gasteiger partial charge is 0.368 e. The number of carbonyl (C=O) groups excluding carboxylic acids is 1. The number of likely N-dealkylation sites (N-methyl/N-ethyl adjacent to an activating group) is 1. The maximum Gasteiger partial charge on any atom is 0.234 e. The van der Waals surface area contributed by atoms with Gasteiger partial charge in [0.15, 0.2) is 0 Å². The number of nitrogens with two attached hydrogens (primary N) is 1. The van der Waals surface area contributed by atoms with Gasteiger partial charge in [-0.05, 0) is 25.9 Å². The Morgan fingerprint density at radius 2 is 2.17 bits per heavy atom. The second kappa shape index (κ2) is 6.52. The molecule has 5 heteroatoms. The third-order valence-electron chi connectivity index (χ3n) is 2.10. The molecular weight excluding hydrogens is 199 g/mol. The predicted molar refractivity (Wildman–Crippen MR) is 54.0 cm³/mol. The van der Waals surface area contributed by atoms with Crippen LogP contribution in [0.3, 0.4) is 0 Å². The Balaban J connectivity index is 0. The van der Waals surface area contributed by atoms with E-state index in [1.807, 2.05) is 0 Å². The third kappa shape index (κ3) is 3.17. The van der Waals surface area contributed by atoms with E-state index >= 15 is 0 Å². The summed E-state index contributed by atoms with van der Waals surface area (Å²) in [7, 11) is 0. The van der Waals surface area contributed by atoms with Gasteiger partial charge in [-0.3, -0.25) is 9.69 Å². The number of hydrogen-bond acceptors (Lipinski definition) is 2. The lowest BCUT2D eigenvalue weighted by Gasteiger charge is -2.18. The first-order chi connectivity index (χ1) is 4.75. The van der Waals surface area contributed by atoms with Crippen molar-refractivity contribution in [1.29, 1.82) is 0 Å². The maximum absolute atomic E-state index is 10.8. The van der Waals surface area contributed by atoms with Gasteiger partial charge in [0.25, 0.3) is 0 Å². The van der Waals surface area contributed by atoms with Crippen molar-refractivity contribution < 1.29 is 4.79 Å². The topological polar surface area (TPSA) is 46.3 Å². The van der Waals surface area contributed by atoms with E-state index in [1.54, 1.807) is 0 Å². The van der Waals surface area contributed by atoms with Crippen LogP contribution >= 0.6 is 24.8 Å². The van der Waals surface area contributed by atoms with Gasteiger partial charge in [-0.25, -0.2) is 0 Å². The Labute approximate surface area is 85.5 Å². The summed E-state index contributed by atoms with van der Waals surface area (Å²) in [5, 5.41) is 0. The summed E-state index contributed by atoms with van der Waals surface area (Å²) < 4.78 is 0. The second-order valence-electron chi connectivity index (χ2n) is 2.69. The molecule has 1 amide bonds. The zero-order valence-corrected chi connectivity index (χ0v) is 8.79. The normalized spacial score (nSPS) is 22.6. The fourth-order valence-corrected chi connectivity index (χ4v) is 1.53. The predicted octanol–water partition coefficient (Wildman–Crippen LogP) is 0.800. The molecule has 0 spiro atoms. The van der Waals surface area contributed by atoms with Crippen LogP contribution in [0, 0.1) is 0 Å². The standard InChI is InChI=1S/C7H14N2O.2ClH/c1-2-9-5-3-4-6(9)7(8)10;;/h6H,2-5H2,1H3,(H2,8,10);2*1H/t6-;;/m1../s1. The van der Waals surface area contributed by atoms with Crippen LogP contribution in [0.25, 0.3) is 0 Å². The highest BCUT2D eigenvalue weighted by Gasteiger charge is 2.26. The monoisotopic (exact) mass is 214 g/mol. The lowest BCUT2D eigenvalue weighted by atomic mass is 10.2. The number of amides is 1. The molecule has 1 rings (SSSR count). The summed E-state index contributed by atoms with van der Waals surface area (Å²) in [6.45, 7) is 4.03. The molecule has 0 aromatic carbocycles. The summed E-state index contributed by atoms with van der Waals surface area (Å²) in [5.41, 5.74) is 5.18. The van der Waals surface area contributed by atoms with Crippen LogP contribution in [0.15, 0.2) is 0 Å². The molecule has 1 aliphatic rings. The zero-order chi connectivity index (χ0) is 7.56. The van der Waals surface area contributed by atoms with E-state index < -0.39 is 0 Å². The Hall–Kier alpha value is 0.01000. The minimum atomic E-state index is -0.167. The van der Waals surface area contributed by atoms with Crippen LogP contribution in [0.2, 0.25) is 0 Å². The van der Waals surface area contributed by atoms with Gasteiger partial charge < -0.3 is 5.73 Å². The molecule has 1 saturated heterocycles. The number of nitrogens with zero attached hydrogens (tertiary/aromatic N) is 1. The molecule has 0 aliphatic carbocycles. The first-order valence-corrected chi connectivity index (χ1v) is 3.79. The van der Waals surface area contributed by atoms with E-state index in [-0.39, 0.29) is 36.8 Å².